The van der Waals surface area contributed by atoms with Crippen molar-refractivity contribution in [3.05, 3.63) is 88.8 Å². The van der Waals surface area contributed by atoms with Crippen LogP contribution >= 0.6 is 11.6 Å². The Morgan fingerprint density at radius 3 is 2.53 bits per heavy atom. The average Bonchev–Trinajstić information content (AvgIpc) is 3.43. The second kappa shape index (κ2) is 14.7. The Morgan fingerprint density at radius 2 is 1.89 bits per heavy atom. The van der Waals surface area contributed by atoms with Crippen LogP contribution in [0, 0.1) is 0 Å². The molecule has 0 aliphatic carbocycles. The van der Waals surface area contributed by atoms with Crippen LogP contribution in [0.1, 0.15) is 34.0 Å². The fourth-order valence-electron chi connectivity index (χ4n) is 4.19. The first-order valence-electron chi connectivity index (χ1n) is 12.3. The standard InChI is InChI=1S/C22H28ClN3O2.C6H8O2/c1-25(22(28)17-5-3-2-4-6-17)16-19(9-12-26-13-10-24-11-14-26)18-7-8-21(27)20(23)15-18;7-4-3-6-2-1-5-8-6/h2-8,15,19,24,27H,9-14,16H2,1H3;1-2,5,7H,3-4H2. The number of carbonyl (C=O) groups is 1. The maximum atomic E-state index is 12.8. The number of hydrogen-bond donors (Lipinski definition) is 3. The minimum Gasteiger partial charge on any atom is -0.506 e. The molecule has 3 aromatic rings. The van der Waals surface area contributed by atoms with Crippen LogP contribution in [0.25, 0.3) is 0 Å². The molecule has 4 rings (SSSR count). The van der Waals surface area contributed by atoms with Crippen molar-refractivity contribution in [2.24, 2.45) is 0 Å². The maximum absolute atomic E-state index is 12.8. The van der Waals surface area contributed by atoms with E-state index in [1.807, 2.05) is 61.6 Å². The van der Waals surface area contributed by atoms with Crippen molar-refractivity contribution in [1.29, 1.82) is 0 Å². The lowest BCUT2D eigenvalue weighted by Gasteiger charge is -2.30. The molecule has 1 aliphatic heterocycles. The van der Waals surface area contributed by atoms with Crippen molar-refractivity contribution in [3.63, 3.8) is 0 Å². The van der Waals surface area contributed by atoms with Gasteiger partial charge in [0, 0.05) is 57.7 Å². The van der Waals surface area contributed by atoms with Crippen LogP contribution in [-0.2, 0) is 6.42 Å². The number of aromatic hydroxyl groups is 1. The Hall–Kier alpha value is -2.84. The third-order valence-corrected chi connectivity index (χ3v) is 6.55. The summed E-state index contributed by atoms with van der Waals surface area (Å²) in [4.78, 5) is 17.0. The van der Waals surface area contributed by atoms with E-state index in [0.717, 1.165) is 50.5 Å². The molecule has 3 N–H and O–H groups in total. The number of likely N-dealkylation sites (N-methyl/N-ethyl adjacent to an activating group) is 1. The van der Waals surface area contributed by atoms with Gasteiger partial charge in [0.05, 0.1) is 17.9 Å². The maximum Gasteiger partial charge on any atom is 0.253 e. The zero-order chi connectivity index (χ0) is 25.8. The fraction of sp³-hybridized carbons (Fsp3) is 0.393. The zero-order valence-corrected chi connectivity index (χ0v) is 21.5. The largest absolute Gasteiger partial charge is 0.506 e. The SMILES string of the molecule is CN(CC(CCN1CCNCC1)c1ccc(O)c(Cl)c1)C(=O)c1ccccc1.OCCc1ccco1. The van der Waals surface area contributed by atoms with E-state index in [1.54, 1.807) is 17.2 Å². The van der Waals surface area contributed by atoms with Crippen LogP contribution in [0.3, 0.4) is 0 Å². The minimum atomic E-state index is 0.0117. The monoisotopic (exact) mass is 513 g/mol. The lowest BCUT2D eigenvalue weighted by Crippen LogP contribution is -2.44. The number of aliphatic hydroxyl groups is 1. The number of nitrogens with one attached hydrogen (secondary N) is 1. The molecular formula is C28H36ClN3O4. The highest BCUT2D eigenvalue weighted by Gasteiger charge is 2.21. The number of halogens is 1. The summed E-state index contributed by atoms with van der Waals surface area (Å²) < 4.78 is 4.91. The van der Waals surface area contributed by atoms with Gasteiger partial charge in [-0.3, -0.25) is 4.79 Å². The van der Waals surface area contributed by atoms with Crippen LogP contribution in [0.15, 0.2) is 71.3 Å². The summed E-state index contributed by atoms with van der Waals surface area (Å²) in [5.41, 5.74) is 1.74. The molecule has 1 fully saturated rings. The van der Waals surface area contributed by atoms with Crippen molar-refractivity contribution >= 4 is 17.5 Å². The molecule has 0 saturated carbocycles. The molecule has 1 saturated heterocycles. The van der Waals surface area contributed by atoms with Crippen molar-refractivity contribution < 1.29 is 19.4 Å². The van der Waals surface area contributed by atoms with E-state index in [-0.39, 0.29) is 24.2 Å². The number of rotatable bonds is 9. The summed E-state index contributed by atoms with van der Waals surface area (Å²) in [7, 11) is 1.84. The number of piperazine rings is 1. The van der Waals surface area contributed by atoms with Gasteiger partial charge in [-0.15, -0.1) is 0 Å². The first-order valence-corrected chi connectivity index (χ1v) is 12.7. The number of carbonyl (C=O) groups excluding carboxylic acids is 1. The van der Waals surface area contributed by atoms with Gasteiger partial charge in [0.2, 0.25) is 0 Å². The smallest absolute Gasteiger partial charge is 0.253 e. The number of amides is 1. The summed E-state index contributed by atoms with van der Waals surface area (Å²) in [5, 5.41) is 21.9. The normalized spacial score (nSPS) is 14.5. The number of furan rings is 1. The molecule has 1 aromatic heterocycles. The van der Waals surface area contributed by atoms with Crippen LogP contribution < -0.4 is 5.32 Å². The van der Waals surface area contributed by atoms with E-state index in [4.69, 9.17) is 21.1 Å². The van der Waals surface area contributed by atoms with Crippen LogP contribution in [0.4, 0.5) is 0 Å². The van der Waals surface area contributed by atoms with Gasteiger partial charge in [-0.1, -0.05) is 35.9 Å². The van der Waals surface area contributed by atoms with Crippen LogP contribution in [-0.4, -0.2) is 78.8 Å². The highest BCUT2D eigenvalue weighted by molar-refractivity contribution is 6.32. The molecule has 36 heavy (non-hydrogen) atoms. The Labute approximate surface area is 218 Å². The van der Waals surface area contributed by atoms with Crippen molar-refractivity contribution in [1.82, 2.24) is 15.1 Å². The average molecular weight is 514 g/mol. The molecule has 1 atom stereocenters. The third kappa shape index (κ3) is 8.68. The molecular weight excluding hydrogens is 478 g/mol. The highest BCUT2D eigenvalue weighted by Crippen LogP contribution is 2.30. The predicted octanol–water partition coefficient (Wildman–Crippen LogP) is 4.01. The lowest BCUT2D eigenvalue weighted by molar-refractivity contribution is 0.0782. The van der Waals surface area contributed by atoms with Gasteiger partial charge >= 0.3 is 0 Å². The van der Waals surface area contributed by atoms with Gasteiger partial charge in [0.1, 0.15) is 11.5 Å². The zero-order valence-electron chi connectivity index (χ0n) is 20.8. The third-order valence-electron chi connectivity index (χ3n) is 6.25. The first kappa shape index (κ1) is 27.7. The number of nitrogens with zero attached hydrogens (tertiary/aromatic N) is 2. The fourth-order valence-corrected chi connectivity index (χ4v) is 4.38. The molecule has 1 aliphatic rings. The van der Waals surface area contributed by atoms with Gasteiger partial charge in [-0.25, -0.2) is 0 Å². The number of hydrogen-bond acceptors (Lipinski definition) is 6. The summed E-state index contributed by atoms with van der Waals surface area (Å²) in [6.45, 7) is 5.85. The van der Waals surface area contributed by atoms with Gasteiger partial charge in [-0.2, -0.15) is 0 Å². The first-order chi connectivity index (χ1) is 17.5. The predicted molar refractivity (Wildman–Crippen MR) is 143 cm³/mol. The number of phenolic OH excluding ortho intramolecular Hbond substituents is 1. The second-order valence-electron chi connectivity index (χ2n) is 8.89. The Balaban J connectivity index is 0.000000383. The molecule has 0 spiro atoms. The van der Waals surface area contributed by atoms with E-state index in [1.165, 1.54) is 0 Å². The Morgan fingerprint density at radius 1 is 1.14 bits per heavy atom. The summed E-state index contributed by atoms with van der Waals surface area (Å²) in [6, 6.07) is 18.4. The quantitative estimate of drug-likeness (QED) is 0.400. The molecule has 194 valence electrons. The van der Waals surface area contributed by atoms with Gasteiger partial charge in [0.25, 0.3) is 5.91 Å². The lowest BCUT2D eigenvalue weighted by atomic mass is 9.94. The molecule has 0 radical (unpaired) electrons. The van der Waals surface area contributed by atoms with E-state index < -0.39 is 0 Å². The van der Waals surface area contributed by atoms with E-state index >= 15 is 0 Å². The van der Waals surface area contributed by atoms with Crippen molar-refractivity contribution in [2.45, 2.75) is 18.8 Å². The number of phenols is 1. The summed E-state index contributed by atoms with van der Waals surface area (Å²) >= 11 is 6.15. The van der Waals surface area contributed by atoms with E-state index in [0.29, 0.717) is 23.6 Å². The molecule has 1 unspecified atom stereocenters. The summed E-state index contributed by atoms with van der Waals surface area (Å²) in [6.07, 6.45) is 3.14. The van der Waals surface area contributed by atoms with Gasteiger partial charge < -0.3 is 29.7 Å². The van der Waals surface area contributed by atoms with Gasteiger partial charge in [-0.05, 0) is 54.9 Å². The van der Waals surface area contributed by atoms with E-state index in [9.17, 15) is 9.90 Å². The molecule has 1 amide bonds. The van der Waals surface area contributed by atoms with Crippen LogP contribution in [0.5, 0.6) is 5.75 Å². The molecule has 7 nitrogen and oxygen atoms in total. The second-order valence-corrected chi connectivity index (χ2v) is 9.30. The Kier molecular flexibility index (Phi) is 11.3. The van der Waals surface area contributed by atoms with E-state index in [2.05, 4.69) is 10.2 Å². The minimum absolute atomic E-state index is 0.0117. The Bertz CT molecular complexity index is 1040. The number of benzene rings is 2. The molecule has 0 bridgehead atoms. The summed E-state index contributed by atoms with van der Waals surface area (Å²) in [5.74, 6) is 1.08. The van der Waals surface area contributed by atoms with Crippen LogP contribution in [0.2, 0.25) is 5.02 Å². The molecule has 2 heterocycles. The van der Waals surface area contributed by atoms with Crippen molar-refractivity contribution in [3.8, 4) is 5.75 Å². The van der Waals surface area contributed by atoms with Crippen molar-refractivity contribution in [2.75, 3.05) is 52.9 Å². The molecule has 8 heteroatoms. The number of aliphatic hydroxyl groups excluding tert-OH is 1. The topological polar surface area (TPSA) is 89.2 Å². The van der Waals surface area contributed by atoms with Gasteiger partial charge in [0.15, 0.2) is 0 Å². The highest BCUT2D eigenvalue weighted by atomic mass is 35.5. The molecule has 2 aromatic carbocycles.